The van der Waals surface area contributed by atoms with Crippen molar-refractivity contribution in [2.24, 2.45) is 0 Å². The van der Waals surface area contributed by atoms with Crippen LogP contribution in [0.2, 0.25) is 5.02 Å². The summed E-state index contributed by atoms with van der Waals surface area (Å²) in [6.07, 6.45) is -0.258. The average Bonchev–Trinajstić information content (AvgIpc) is 3.10. The van der Waals surface area contributed by atoms with Gasteiger partial charge in [0.1, 0.15) is 11.8 Å². The predicted molar refractivity (Wildman–Crippen MR) is 142 cm³/mol. The molecule has 0 radical (unpaired) electrons. The second-order valence-electron chi connectivity index (χ2n) is 8.06. The fraction of sp³-hybridized carbons (Fsp3) is 0.154. The molecule has 10 heteroatoms. The molecule has 4 rings (SSSR count). The van der Waals surface area contributed by atoms with Gasteiger partial charge < -0.3 is 10.1 Å². The molecule has 1 heterocycles. The third-order valence-corrected chi connectivity index (χ3v) is 6.42. The quantitative estimate of drug-likeness (QED) is 0.449. The highest BCUT2D eigenvalue weighted by atomic mass is 35.5. The van der Waals surface area contributed by atoms with E-state index in [9.17, 15) is 14.4 Å². The fourth-order valence-electron chi connectivity index (χ4n) is 3.69. The van der Waals surface area contributed by atoms with Crippen molar-refractivity contribution in [3.8, 4) is 5.75 Å². The van der Waals surface area contributed by atoms with Crippen LogP contribution in [0.1, 0.15) is 22.3 Å². The average molecular weight is 523 g/mol. The number of carbonyl (C=O) groups is 3. The van der Waals surface area contributed by atoms with Crippen LogP contribution in [0.5, 0.6) is 5.75 Å². The maximum absolute atomic E-state index is 13.5. The molecule has 1 fully saturated rings. The molecule has 0 aliphatic carbocycles. The third kappa shape index (κ3) is 5.32. The van der Waals surface area contributed by atoms with Gasteiger partial charge in [-0.2, -0.15) is 0 Å². The number of ether oxygens (including phenoxy) is 1. The summed E-state index contributed by atoms with van der Waals surface area (Å²) < 4.78 is 5.19. The largest absolute Gasteiger partial charge is 0.497 e. The van der Waals surface area contributed by atoms with Crippen molar-refractivity contribution in [1.82, 2.24) is 10.4 Å². The first-order valence-electron chi connectivity index (χ1n) is 11.0. The van der Waals surface area contributed by atoms with E-state index in [0.29, 0.717) is 27.7 Å². The van der Waals surface area contributed by atoms with Crippen molar-refractivity contribution in [3.63, 3.8) is 0 Å². The number of benzene rings is 3. The number of aryl methyl sites for hydroxylation is 1. The second-order valence-corrected chi connectivity index (χ2v) is 8.84. The predicted octanol–water partition coefficient (Wildman–Crippen LogP) is 4.33. The Morgan fingerprint density at radius 2 is 1.75 bits per heavy atom. The topological polar surface area (TPSA) is 91.0 Å². The van der Waals surface area contributed by atoms with E-state index in [0.717, 1.165) is 5.56 Å². The Kier molecular flexibility index (Phi) is 7.52. The first-order chi connectivity index (χ1) is 17.3. The molecule has 1 aliphatic rings. The number of rotatable bonds is 7. The molecule has 3 aromatic rings. The summed E-state index contributed by atoms with van der Waals surface area (Å²) >= 11 is 11.7. The Morgan fingerprint density at radius 3 is 2.39 bits per heavy atom. The minimum absolute atomic E-state index is 0.0469. The second kappa shape index (κ2) is 10.8. The van der Waals surface area contributed by atoms with Gasteiger partial charge in [0.25, 0.3) is 11.8 Å². The van der Waals surface area contributed by atoms with Gasteiger partial charge in [0, 0.05) is 16.3 Å². The molecule has 3 aromatic carbocycles. The number of halogens is 1. The molecule has 3 amide bonds. The first kappa shape index (κ1) is 25.2. The molecule has 1 aliphatic heterocycles. The number of hydrazine groups is 1. The van der Waals surface area contributed by atoms with E-state index in [2.05, 4.69) is 10.7 Å². The van der Waals surface area contributed by atoms with Crippen molar-refractivity contribution in [1.29, 1.82) is 0 Å². The Bertz CT molecular complexity index is 1320. The maximum Gasteiger partial charge on any atom is 0.269 e. The lowest BCUT2D eigenvalue weighted by Crippen LogP contribution is -2.49. The molecule has 1 atom stereocenters. The van der Waals surface area contributed by atoms with E-state index in [1.54, 1.807) is 72.8 Å². The highest BCUT2D eigenvalue weighted by molar-refractivity contribution is 7.80. The van der Waals surface area contributed by atoms with Crippen molar-refractivity contribution >= 4 is 58.0 Å². The standard InChI is InChI=1S/C26H23ClN4O4S/c1-16-8-9-18(14-21(16)27)28-23(32)15-22-25(34)30(19-10-12-20(35-2)13-11-19)26(36)31(22)29-24(33)17-6-4-3-5-7-17/h3-14,22H,15H2,1-2H3,(H,28,32)(H,29,33). The number of nitrogens with zero attached hydrogens (tertiary/aromatic N) is 2. The minimum Gasteiger partial charge on any atom is -0.497 e. The monoisotopic (exact) mass is 522 g/mol. The van der Waals surface area contributed by atoms with Crippen LogP contribution >= 0.6 is 23.8 Å². The van der Waals surface area contributed by atoms with Crippen LogP contribution in [-0.2, 0) is 9.59 Å². The van der Waals surface area contributed by atoms with Crippen molar-refractivity contribution in [3.05, 3.63) is 88.9 Å². The molecule has 0 aromatic heterocycles. The summed E-state index contributed by atoms with van der Waals surface area (Å²) in [6, 6.07) is 19.3. The van der Waals surface area contributed by atoms with E-state index in [-0.39, 0.29) is 11.5 Å². The Hall–Kier alpha value is -3.95. The van der Waals surface area contributed by atoms with E-state index in [1.807, 2.05) is 6.92 Å². The lowest BCUT2D eigenvalue weighted by atomic mass is 10.1. The number of methoxy groups -OCH3 is 1. The van der Waals surface area contributed by atoms with Gasteiger partial charge in [-0.05, 0) is 73.2 Å². The van der Waals surface area contributed by atoms with E-state index >= 15 is 0 Å². The minimum atomic E-state index is -1.06. The number of hydrogen-bond acceptors (Lipinski definition) is 5. The zero-order chi connectivity index (χ0) is 25.8. The smallest absolute Gasteiger partial charge is 0.269 e. The summed E-state index contributed by atoms with van der Waals surface area (Å²) in [5, 5.41) is 4.57. The molecule has 184 valence electrons. The number of carbonyl (C=O) groups excluding carboxylic acids is 3. The zero-order valence-corrected chi connectivity index (χ0v) is 21.1. The number of thiocarbonyl (C=S) groups is 1. The molecular weight excluding hydrogens is 500 g/mol. The van der Waals surface area contributed by atoms with Gasteiger partial charge in [-0.15, -0.1) is 0 Å². The van der Waals surface area contributed by atoms with Crippen LogP contribution in [0.4, 0.5) is 11.4 Å². The van der Waals surface area contributed by atoms with Crippen LogP contribution in [0, 0.1) is 6.92 Å². The van der Waals surface area contributed by atoms with Gasteiger partial charge in [0.05, 0.1) is 19.2 Å². The first-order valence-corrected chi connectivity index (χ1v) is 11.8. The van der Waals surface area contributed by atoms with Crippen LogP contribution in [0.3, 0.4) is 0 Å². The van der Waals surface area contributed by atoms with Crippen molar-refractivity contribution in [2.75, 3.05) is 17.3 Å². The lowest BCUT2D eigenvalue weighted by molar-refractivity contribution is -0.124. The Labute approximate surface area is 218 Å². The molecule has 36 heavy (non-hydrogen) atoms. The maximum atomic E-state index is 13.5. The third-order valence-electron chi connectivity index (χ3n) is 5.64. The molecule has 0 spiro atoms. The summed E-state index contributed by atoms with van der Waals surface area (Å²) in [6.45, 7) is 1.85. The van der Waals surface area contributed by atoms with Crippen LogP contribution in [0.15, 0.2) is 72.8 Å². The normalized spacial score (nSPS) is 15.1. The Morgan fingerprint density at radius 1 is 1.06 bits per heavy atom. The molecule has 0 bridgehead atoms. The van der Waals surface area contributed by atoms with E-state index in [4.69, 9.17) is 28.6 Å². The lowest BCUT2D eigenvalue weighted by Gasteiger charge is -2.24. The van der Waals surface area contributed by atoms with Crippen LogP contribution in [-0.4, -0.2) is 41.0 Å². The highest BCUT2D eigenvalue weighted by Crippen LogP contribution is 2.28. The zero-order valence-electron chi connectivity index (χ0n) is 19.5. The molecule has 0 saturated carbocycles. The van der Waals surface area contributed by atoms with Gasteiger partial charge >= 0.3 is 0 Å². The van der Waals surface area contributed by atoms with Gasteiger partial charge in [-0.25, -0.2) is 5.01 Å². The fourth-order valence-corrected chi connectivity index (χ4v) is 4.24. The van der Waals surface area contributed by atoms with E-state index < -0.39 is 23.8 Å². The Balaban J connectivity index is 1.60. The van der Waals surface area contributed by atoms with Crippen molar-refractivity contribution in [2.45, 2.75) is 19.4 Å². The van der Waals surface area contributed by atoms with Gasteiger partial charge in [0.2, 0.25) is 11.0 Å². The molecular formula is C26H23ClN4O4S. The number of amides is 3. The van der Waals surface area contributed by atoms with Gasteiger partial charge in [-0.3, -0.25) is 24.7 Å². The SMILES string of the molecule is COc1ccc(N2C(=O)C(CC(=O)Nc3ccc(C)c(Cl)c3)N(NC(=O)c3ccccc3)C2=S)cc1. The van der Waals surface area contributed by atoms with Gasteiger partial charge in [0.15, 0.2) is 0 Å². The summed E-state index contributed by atoms with van der Waals surface area (Å²) in [5.41, 5.74) is 4.93. The van der Waals surface area contributed by atoms with E-state index in [1.165, 1.54) is 17.0 Å². The molecule has 2 N–H and O–H groups in total. The number of anilines is 2. The summed E-state index contributed by atoms with van der Waals surface area (Å²) in [5.74, 6) is -0.737. The molecule has 1 unspecified atom stereocenters. The molecule has 1 saturated heterocycles. The van der Waals surface area contributed by atoms with Crippen LogP contribution in [0.25, 0.3) is 0 Å². The highest BCUT2D eigenvalue weighted by Gasteiger charge is 2.45. The summed E-state index contributed by atoms with van der Waals surface area (Å²) in [7, 11) is 1.54. The van der Waals surface area contributed by atoms with Gasteiger partial charge in [-0.1, -0.05) is 35.9 Å². The number of nitrogens with one attached hydrogen (secondary N) is 2. The number of hydrogen-bond donors (Lipinski definition) is 2. The molecule has 8 nitrogen and oxygen atoms in total. The van der Waals surface area contributed by atoms with Crippen molar-refractivity contribution < 1.29 is 19.1 Å². The van der Waals surface area contributed by atoms with Crippen LogP contribution < -0.4 is 20.4 Å². The summed E-state index contributed by atoms with van der Waals surface area (Å²) in [4.78, 5) is 40.6.